The first-order chi connectivity index (χ1) is 16.0. The van der Waals surface area contributed by atoms with Gasteiger partial charge < -0.3 is 5.11 Å². The fourth-order valence-corrected chi connectivity index (χ4v) is 2.95. The van der Waals surface area contributed by atoms with Gasteiger partial charge in [0.2, 0.25) is 0 Å². The molecule has 180 valence electrons. The average Bonchev–Trinajstić information content (AvgIpc) is 2.81. The van der Waals surface area contributed by atoms with Gasteiger partial charge in [0.25, 0.3) is 0 Å². The van der Waals surface area contributed by atoms with Crippen LogP contribution in [0.2, 0.25) is 0 Å². The third-order valence-corrected chi connectivity index (χ3v) is 5.21. The first-order valence-corrected chi connectivity index (χ1v) is 11.0. The molecule has 0 heterocycles. The standard InChI is InChI=1S/C22H24FN.C7H12O.C2H2/c1-6-24-14-17(5)21-13-18(15(2)3)8-9-19(21)12-20-11-16(4)7-10-22(20)23;1-5(2)6(3)7(4)8;1-2/h6-11,13-14H,2,12H2,1,3-5H3;8H,4H2,1-3H3;1-2H/b17-14+,24-6?;;. The molecule has 3 heteroatoms. The summed E-state index contributed by atoms with van der Waals surface area (Å²) >= 11 is 0. The molecule has 0 bridgehead atoms. The number of rotatable bonds is 6. The molecule has 0 atom stereocenters. The van der Waals surface area contributed by atoms with Gasteiger partial charge in [0, 0.05) is 18.8 Å². The minimum atomic E-state index is -0.163. The average molecular weight is 460 g/mol. The topological polar surface area (TPSA) is 32.6 Å². The molecule has 0 amide bonds. The Morgan fingerprint density at radius 2 is 1.62 bits per heavy atom. The van der Waals surface area contributed by atoms with Gasteiger partial charge in [-0.2, -0.15) is 0 Å². The van der Waals surface area contributed by atoms with Crippen LogP contribution in [-0.2, 0) is 6.42 Å². The van der Waals surface area contributed by atoms with E-state index in [0.717, 1.165) is 44.5 Å². The molecule has 2 aromatic rings. The van der Waals surface area contributed by atoms with Gasteiger partial charge in [-0.25, -0.2) is 4.39 Å². The summed E-state index contributed by atoms with van der Waals surface area (Å²) in [7, 11) is 0. The minimum Gasteiger partial charge on any atom is -0.508 e. The van der Waals surface area contributed by atoms with E-state index < -0.39 is 0 Å². The smallest absolute Gasteiger partial charge is 0.126 e. The number of aliphatic hydroxyl groups is 1. The molecular weight excluding hydrogens is 421 g/mol. The van der Waals surface area contributed by atoms with E-state index in [2.05, 4.69) is 43.1 Å². The lowest BCUT2D eigenvalue weighted by atomic mass is 9.92. The number of nitrogens with zero attached hydrogens (tertiary/aromatic N) is 1. The lowest BCUT2D eigenvalue weighted by Crippen LogP contribution is -1.99. The monoisotopic (exact) mass is 459 g/mol. The van der Waals surface area contributed by atoms with Crippen LogP contribution in [-0.4, -0.2) is 11.3 Å². The first kappa shape index (κ1) is 30.4. The summed E-state index contributed by atoms with van der Waals surface area (Å²) in [5.41, 5.74) is 9.09. The Kier molecular flexibility index (Phi) is 13.6. The molecule has 0 fully saturated rings. The Morgan fingerprint density at radius 3 is 2.09 bits per heavy atom. The lowest BCUT2D eigenvalue weighted by Gasteiger charge is -2.13. The minimum absolute atomic E-state index is 0.163. The summed E-state index contributed by atoms with van der Waals surface area (Å²) in [6, 6.07) is 11.5. The second-order valence-corrected chi connectivity index (χ2v) is 8.21. The molecule has 0 aliphatic rings. The Labute approximate surface area is 206 Å². The molecular formula is C31H38FNO. The van der Waals surface area contributed by atoms with E-state index in [0.29, 0.717) is 12.0 Å². The fourth-order valence-electron chi connectivity index (χ4n) is 2.95. The second-order valence-electron chi connectivity index (χ2n) is 8.21. The number of halogens is 1. The van der Waals surface area contributed by atoms with Crippen molar-refractivity contribution >= 4 is 17.4 Å². The number of aliphatic hydroxyl groups excluding tert-OH is 1. The molecule has 0 aliphatic carbocycles. The van der Waals surface area contributed by atoms with Crippen molar-refractivity contribution < 1.29 is 9.50 Å². The summed E-state index contributed by atoms with van der Waals surface area (Å²) < 4.78 is 14.1. The first-order valence-electron chi connectivity index (χ1n) is 11.0. The zero-order chi connectivity index (χ0) is 26.4. The van der Waals surface area contributed by atoms with Gasteiger partial charge in [-0.1, -0.05) is 54.1 Å². The van der Waals surface area contributed by atoms with Crippen LogP contribution in [0.15, 0.2) is 77.7 Å². The van der Waals surface area contributed by atoms with E-state index in [1.165, 1.54) is 6.07 Å². The predicted molar refractivity (Wildman–Crippen MR) is 149 cm³/mol. The summed E-state index contributed by atoms with van der Waals surface area (Å²) in [5.74, 6) is 0.00809. The van der Waals surface area contributed by atoms with Crippen LogP contribution in [0.25, 0.3) is 11.1 Å². The highest BCUT2D eigenvalue weighted by atomic mass is 19.1. The number of terminal acetylenes is 1. The van der Waals surface area contributed by atoms with E-state index in [9.17, 15) is 4.39 Å². The Morgan fingerprint density at radius 1 is 1.00 bits per heavy atom. The SMILES string of the molecule is C#C.C=C(C)c1ccc(Cc2cc(C)ccc2F)c(/C(C)=C/N=CC)c1.C=C(O)C(C)=C(C)C. The van der Waals surface area contributed by atoms with Crippen molar-refractivity contribution in [3.63, 3.8) is 0 Å². The maximum absolute atomic E-state index is 14.1. The van der Waals surface area contributed by atoms with Crippen LogP contribution in [0.3, 0.4) is 0 Å². The van der Waals surface area contributed by atoms with Crippen LogP contribution in [0.5, 0.6) is 0 Å². The number of aliphatic imine (C=N–C) groups is 1. The number of hydrogen-bond acceptors (Lipinski definition) is 2. The maximum atomic E-state index is 14.1. The predicted octanol–water partition coefficient (Wildman–Crippen LogP) is 8.87. The number of allylic oxidation sites excluding steroid dienone is 4. The normalized spacial score (nSPS) is 10.5. The molecule has 0 radical (unpaired) electrons. The molecule has 0 aliphatic heterocycles. The zero-order valence-electron chi connectivity index (χ0n) is 21.7. The van der Waals surface area contributed by atoms with Crippen molar-refractivity contribution in [2.75, 3.05) is 0 Å². The van der Waals surface area contributed by atoms with E-state index in [-0.39, 0.29) is 11.6 Å². The fraction of sp³-hybridized carbons (Fsp3) is 0.258. The largest absolute Gasteiger partial charge is 0.508 e. The summed E-state index contributed by atoms with van der Waals surface area (Å²) in [6.45, 7) is 21.0. The molecule has 0 unspecified atom stereocenters. The van der Waals surface area contributed by atoms with E-state index >= 15 is 0 Å². The summed E-state index contributed by atoms with van der Waals surface area (Å²) in [4.78, 5) is 4.22. The van der Waals surface area contributed by atoms with Gasteiger partial charge in [0.1, 0.15) is 11.6 Å². The van der Waals surface area contributed by atoms with Gasteiger partial charge in [-0.15, -0.1) is 12.8 Å². The van der Waals surface area contributed by atoms with Crippen molar-refractivity contribution in [3.05, 3.63) is 106 Å². The molecule has 0 saturated heterocycles. The molecule has 2 nitrogen and oxygen atoms in total. The molecule has 34 heavy (non-hydrogen) atoms. The van der Waals surface area contributed by atoms with Gasteiger partial charge >= 0.3 is 0 Å². The van der Waals surface area contributed by atoms with Gasteiger partial charge in [-0.05, 0) is 94.0 Å². The lowest BCUT2D eigenvalue weighted by molar-refractivity contribution is 0.425. The summed E-state index contributed by atoms with van der Waals surface area (Å²) in [6.07, 6.45) is 12.2. The Hall–Kier alpha value is -3.64. The number of benzene rings is 2. The number of hydrogen-bond donors (Lipinski definition) is 1. The third-order valence-electron chi connectivity index (χ3n) is 5.21. The molecule has 0 saturated carbocycles. The van der Waals surface area contributed by atoms with Crippen LogP contribution in [0, 0.1) is 25.6 Å². The van der Waals surface area contributed by atoms with Crippen LogP contribution < -0.4 is 0 Å². The van der Waals surface area contributed by atoms with Crippen molar-refractivity contribution in [3.8, 4) is 12.8 Å². The van der Waals surface area contributed by atoms with Gasteiger partial charge in [0.15, 0.2) is 0 Å². The third kappa shape index (κ3) is 9.88. The molecule has 1 N–H and O–H groups in total. The zero-order valence-corrected chi connectivity index (χ0v) is 21.7. The quantitative estimate of drug-likeness (QED) is 0.199. The van der Waals surface area contributed by atoms with Crippen molar-refractivity contribution in [2.24, 2.45) is 4.99 Å². The van der Waals surface area contributed by atoms with Crippen LogP contribution >= 0.6 is 0 Å². The van der Waals surface area contributed by atoms with Crippen LogP contribution in [0.1, 0.15) is 69.4 Å². The number of aryl methyl sites for hydroxylation is 1. The van der Waals surface area contributed by atoms with E-state index in [4.69, 9.17) is 5.11 Å². The highest BCUT2D eigenvalue weighted by Crippen LogP contribution is 2.27. The van der Waals surface area contributed by atoms with Crippen molar-refractivity contribution in [1.29, 1.82) is 0 Å². The van der Waals surface area contributed by atoms with Crippen molar-refractivity contribution in [1.82, 2.24) is 0 Å². The Balaban J connectivity index is 0.000000924. The van der Waals surface area contributed by atoms with Gasteiger partial charge in [0.05, 0.1) is 0 Å². The summed E-state index contributed by atoms with van der Waals surface area (Å²) in [5, 5.41) is 8.74. The molecule has 2 aromatic carbocycles. The van der Waals surface area contributed by atoms with Crippen molar-refractivity contribution in [2.45, 2.75) is 54.9 Å². The highest BCUT2D eigenvalue weighted by Gasteiger charge is 2.10. The van der Waals surface area contributed by atoms with E-state index in [1.54, 1.807) is 12.3 Å². The highest BCUT2D eigenvalue weighted by molar-refractivity contribution is 5.73. The van der Waals surface area contributed by atoms with Crippen LogP contribution in [0.4, 0.5) is 4.39 Å². The van der Waals surface area contributed by atoms with Gasteiger partial charge in [-0.3, -0.25) is 4.99 Å². The molecule has 2 rings (SSSR count). The van der Waals surface area contributed by atoms with E-state index in [1.807, 2.05) is 66.8 Å². The molecule has 0 aromatic heterocycles. The second kappa shape index (κ2) is 15.2. The molecule has 0 spiro atoms. The Bertz CT molecular complexity index is 1110. The maximum Gasteiger partial charge on any atom is 0.126 e.